The Balaban J connectivity index is 1.66. The van der Waals surface area contributed by atoms with E-state index in [4.69, 9.17) is 9.15 Å². The quantitative estimate of drug-likeness (QED) is 0.385. The number of benzene rings is 2. The highest BCUT2D eigenvalue weighted by Crippen LogP contribution is 2.12. The van der Waals surface area contributed by atoms with Crippen LogP contribution in [-0.2, 0) is 11.2 Å². The fourth-order valence-electron chi connectivity index (χ4n) is 2.39. The van der Waals surface area contributed by atoms with Gasteiger partial charge in [0.15, 0.2) is 0 Å². The lowest BCUT2D eigenvalue weighted by Gasteiger charge is -2.08. The van der Waals surface area contributed by atoms with Crippen molar-refractivity contribution in [2.24, 2.45) is 0 Å². The Bertz CT molecular complexity index is 942. The second-order valence-corrected chi connectivity index (χ2v) is 5.74. The van der Waals surface area contributed by atoms with Crippen molar-refractivity contribution in [3.63, 3.8) is 0 Å². The summed E-state index contributed by atoms with van der Waals surface area (Å²) in [4.78, 5) is 12.4. The minimum atomic E-state index is -0.413. The van der Waals surface area contributed by atoms with Crippen molar-refractivity contribution < 1.29 is 13.9 Å². The standard InChI is InChI=1S/C23H18O3/c1-18(16-21-11-7-15-25-21)17-26-23(24)22-12-6-5-10-20(22)14-13-19-8-3-2-4-9-19/h2-12,15H,1,16-17H2. The molecule has 0 saturated carbocycles. The highest BCUT2D eigenvalue weighted by molar-refractivity contribution is 5.92. The van der Waals surface area contributed by atoms with Gasteiger partial charge in [0.05, 0.1) is 11.8 Å². The molecule has 0 aliphatic carbocycles. The van der Waals surface area contributed by atoms with E-state index in [1.165, 1.54) is 0 Å². The number of carbonyl (C=O) groups is 1. The average Bonchev–Trinajstić information content (AvgIpc) is 3.18. The molecule has 3 nitrogen and oxygen atoms in total. The maximum atomic E-state index is 12.4. The Morgan fingerprint density at radius 1 is 0.962 bits per heavy atom. The molecule has 128 valence electrons. The van der Waals surface area contributed by atoms with Crippen LogP contribution in [0.4, 0.5) is 0 Å². The second-order valence-electron chi connectivity index (χ2n) is 5.74. The molecule has 0 amide bonds. The van der Waals surface area contributed by atoms with Gasteiger partial charge >= 0.3 is 5.97 Å². The Hall–Kier alpha value is -3.51. The maximum Gasteiger partial charge on any atom is 0.339 e. The summed E-state index contributed by atoms with van der Waals surface area (Å²) >= 11 is 0. The summed E-state index contributed by atoms with van der Waals surface area (Å²) in [5.41, 5.74) is 2.74. The first-order valence-corrected chi connectivity index (χ1v) is 8.24. The van der Waals surface area contributed by atoms with Crippen LogP contribution in [0.2, 0.25) is 0 Å². The third-order valence-corrected chi connectivity index (χ3v) is 3.67. The summed E-state index contributed by atoms with van der Waals surface area (Å²) in [5.74, 6) is 6.49. The molecule has 0 fully saturated rings. The molecule has 0 aliphatic heterocycles. The first kappa shape index (κ1) is 17.3. The van der Waals surface area contributed by atoms with E-state index in [-0.39, 0.29) is 6.61 Å². The van der Waals surface area contributed by atoms with E-state index in [2.05, 4.69) is 18.4 Å². The zero-order chi connectivity index (χ0) is 18.2. The van der Waals surface area contributed by atoms with Crippen molar-refractivity contribution in [1.29, 1.82) is 0 Å². The van der Waals surface area contributed by atoms with Gasteiger partial charge in [-0.3, -0.25) is 0 Å². The van der Waals surface area contributed by atoms with Crippen LogP contribution >= 0.6 is 0 Å². The van der Waals surface area contributed by atoms with Crippen molar-refractivity contribution in [2.75, 3.05) is 6.61 Å². The first-order chi connectivity index (χ1) is 12.7. The molecule has 3 rings (SSSR count). The summed E-state index contributed by atoms with van der Waals surface area (Å²) in [6, 6.07) is 20.5. The maximum absolute atomic E-state index is 12.4. The van der Waals surface area contributed by atoms with Crippen LogP contribution in [0, 0.1) is 11.8 Å². The van der Waals surface area contributed by atoms with Gasteiger partial charge in [0.1, 0.15) is 12.4 Å². The molecule has 1 aromatic heterocycles. The summed E-state index contributed by atoms with van der Waals surface area (Å²) in [5, 5.41) is 0. The summed E-state index contributed by atoms with van der Waals surface area (Å²) in [6.45, 7) is 4.07. The van der Waals surface area contributed by atoms with E-state index in [0.29, 0.717) is 17.5 Å². The Kier molecular flexibility index (Phi) is 5.69. The molecule has 0 spiro atoms. The van der Waals surface area contributed by atoms with Crippen molar-refractivity contribution in [2.45, 2.75) is 6.42 Å². The van der Waals surface area contributed by atoms with Gasteiger partial charge in [0, 0.05) is 17.5 Å². The van der Waals surface area contributed by atoms with Crippen LogP contribution in [0.5, 0.6) is 0 Å². The van der Waals surface area contributed by atoms with Gasteiger partial charge in [-0.2, -0.15) is 0 Å². The molecule has 2 aromatic carbocycles. The molecule has 0 bridgehead atoms. The molecule has 3 aromatic rings. The molecule has 0 aliphatic rings. The Morgan fingerprint density at radius 3 is 2.50 bits per heavy atom. The third kappa shape index (κ3) is 4.75. The minimum Gasteiger partial charge on any atom is -0.469 e. The Labute approximate surface area is 152 Å². The van der Waals surface area contributed by atoms with Crippen molar-refractivity contribution in [3.05, 3.63) is 108 Å². The molecule has 0 saturated heterocycles. The number of hydrogen-bond donors (Lipinski definition) is 0. The van der Waals surface area contributed by atoms with Gasteiger partial charge < -0.3 is 9.15 Å². The number of furan rings is 1. The van der Waals surface area contributed by atoms with E-state index < -0.39 is 5.97 Å². The fourth-order valence-corrected chi connectivity index (χ4v) is 2.39. The molecule has 26 heavy (non-hydrogen) atoms. The molecule has 1 heterocycles. The number of ether oxygens (including phenoxy) is 1. The zero-order valence-electron chi connectivity index (χ0n) is 14.3. The second kappa shape index (κ2) is 8.55. The van der Waals surface area contributed by atoms with Crippen LogP contribution in [0.15, 0.2) is 89.6 Å². The molecular weight excluding hydrogens is 324 g/mol. The molecule has 0 atom stereocenters. The van der Waals surface area contributed by atoms with Crippen LogP contribution < -0.4 is 0 Å². The SMILES string of the molecule is C=C(COC(=O)c1ccccc1C#Cc1ccccc1)Cc1ccco1. The van der Waals surface area contributed by atoms with Gasteiger partial charge in [-0.05, 0) is 42.0 Å². The summed E-state index contributed by atoms with van der Waals surface area (Å²) in [7, 11) is 0. The normalized spacial score (nSPS) is 9.85. The zero-order valence-corrected chi connectivity index (χ0v) is 14.3. The van der Waals surface area contributed by atoms with Gasteiger partial charge in [-0.15, -0.1) is 0 Å². The van der Waals surface area contributed by atoms with Crippen molar-refractivity contribution >= 4 is 5.97 Å². The van der Waals surface area contributed by atoms with Gasteiger partial charge in [-0.25, -0.2) is 4.79 Å². The molecule has 3 heteroatoms. The number of hydrogen-bond acceptors (Lipinski definition) is 3. The van der Waals surface area contributed by atoms with E-state index in [1.807, 2.05) is 54.6 Å². The number of esters is 1. The van der Waals surface area contributed by atoms with E-state index in [0.717, 1.165) is 16.9 Å². The predicted molar refractivity (Wildman–Crippen MR) is 101 cm³/mol. The predicted octanol–water partition coefficient (Wildman–Crippen LogP) is 4.64. The highest BCUT2D eigenvalue weighted by atomic mass is 16.5. The van der Waals surface area contributed by atoms with Crippen molar-refractivity contribution in [1.82, 2.24) is 0 Å². The highest BCUT2D eigenvalue weighted by Gasteiger charge is 2.12. The van der Waals surface area contributed by atoms with Crippen molar-refractivity contribution in [3.8, 4) is 11.8 Å². The summed E-state index contributed by atoms with van der Waals surface area (Å²) in [6.07, 6.45) is 2.14. The average molecular weight is 342 g/mol. The van der Waals surface area contributed by atoms with Crippen LogP contribution in [-0.4, -0.2) is 12.6 Å². The summed E-state index contributed by atoms with van der Waals surface area (Å²) < 4.78 is 10.7. The van der Waals surface area contributed by atoms with Crippen LogP contribution in [0.1, 0.15) is 27.2 Å². The molecule has 0 N–H and O–H groups in total. The van der Waals surface area contributed by atoms with Gasteiger partial charge in [-0.1, -0.05) is 48.8 Å². The topological polar surface area (TPSA) is 39.4 Å². The van der Waals surface area contributed by atoms with E-state index in [9.17, 15) is 4.79 Å². The minimum absolute atomic E-state index is 0.139. The molecular formula is C23H18O3. The van der Waals surface area contributed by atoms with Crippen LogP contribution in [0.3, 0.4) is 0 Å². The van der Waals surface area contributed by atoms with E-state index >= 15 is 0 Å². The lowest BCUT2D eigenvalue weighted by molar-refractivity contribution is 0.0537. The van der Waals surface area contributed by atoms with E-state index in [1.54, 1.807) is 18.4 Å². The van der Waals surface area contributed by atoms with Crippen LogP contribution in [0.25, 0.3) is 0 Å². The smallest absolute Gasteiger partial charge is 0.339 e. The van der Waals surface area contributed by atoms with Gasteiger partial charge in [0.25, 0.3) is 0 Å². The first-order valence-electron chi connectivity index (χ1n) is 8.24. The molecule has 0 unspecified atom stereocenters. The number of carbonyl (C=O) groups excluding carboxylic acids is 1. The monoisotopic (exact) mass is 342 g/mol. The molecule has 0 radical (unpaired) electrons. The Morgan fingerprint density at radius 2 is 1.73 bits per heavy atom. The lowest BCUT2D eigenvalue weighted by atomic mass is 10.1. The number of rotatable bonds is 5. The largest absolute Gasteiger partial charge is 0.469 e. The van der Waals surface area contributed by atoms with Gasteiger partial charge in [0.2, 0.25) is 0 Å². The fraction of sp³-hybridized carbons (Fsp3) is 0.0870. The third-order valence-electron chi connectivity index (χ3n) is 3.67. The lowest BCUT2D eigenvalue weighted by Crippen LogP contribution is -2.10.